The molecule has 0 saturated carbocycles. The molecule has 2 aromatic heterocycles. The Morgan fingerprint density at radius 1 is 1.28 bits per heavy atom. The molecule has 0 fully saturated rings. The van der Waals surface area contributed by atoms with Gasteiger partial charge >= 0.3 is 0 Å². The second-order valence-corrected chi connectivity index (χ2v) is 5.28. The average molecular weight is 323 g/mol. The number of hydrogen-bond acceptors (Lipinski definition) is 2. The van der Waals surface area contributed by atoms with Gasteiger partial charge in [0, 0.05) is 40.4 Å². The van der Waals surface area contributed by atoms with E-state index in [0.717, 1.165) is 26.6 Å². The first-order valence-electron chi connectivity index (χ1n) is 5.38. The van der Waals surface area contributed by atoms with Crippen molar-refractivity contribution in [1.29, 1.82) is 0 Å². The Labute approximate surface area is 118 Å². The van der Waals surface area contributed by atoms with Gasteiger partial charge in [-0.05, 0) is 35.9 Å². The van der Waals surface area contributed by atoms with Crippen molar-refractivity contribution in [3.05, 3.63) is 46.4 Å². The van der Waals surface area contributed by atoms with Gasteiger partial charge in [-0.15, -0.1) is 0 Å². The zero-order chi connectivity index (χ0) is 12.7. The molecule has 2 heterocycles. The van der Waals surface area contributed by atoms with Crippen LogP contribution in [-0.2, 0) is 7.05 Å². The van der Waals surface area contributed by atoms with Crippen LogP contribution in [0.15, 0.2) is 41.1 Å². The van der Waals surface area contributed by atoms with E-state index >= 15 is 0 Å². The fourth-order valence-corrected chi connectivity index (χ4v) is 2.56. The minimum Gasteiger partial charge on any atom is -0.350 e. The van der Waals surface area contributed by atoms with Gasteiger partial charge in [-0.25, -0.2) is 9.97 Å². The highest BCUT2D eigenvalue weighted by molar-refractivity contribution is 9.10. The van der Waals surface area contributed by atoms with E-state index in [1.54, 1.807) is 6.20 Å². The van der Waals surface area contributed by atoms with Crippen molar-refractivity contribution < 1.29 is 0 Å². The van der Waals surface area contributed by atoms with E-state index in [4.69, 9.17) is 11.6 Å². The van der Waals surface area contributed by atoms with Crippen molar-refractivity contribution in [2.75, 3.05) is 0 Å². The van der Waals surface area contributed by atoms with Crippen molar-refractivity contribution in [1.82, 2.24) is 14.5 Å². The summed E-state index contributed by atoms with van der Waals surface area (Å²) in [6, 6.07) is 8.05. The fourth-order valence-electron chi connectivity index (χ4n) is 2.05. The number of nitrogens with zero attached hydrogens (tertiary/aromatic N) is 3. The van der Waals surface area contributed by atoms with Crippen LogP contribution in [0.2, 0.25) is 5.28 Å². The normalized spacial score (nSPS) is 11.1. The molecule has 0 bridgehead atoms. The molecular weight excluding hydrogens is 314 g/mol. The van der Waals surface area contributed by atoms with Gasteiger partial charge in [-0.2, -0.15) is 0 Å². The van der Waals surface area contributed by atoms with E-state index in [1.165, 1.54) is 0 Å². The van der Waals surface area contributed by atoms with Crippen LogP contribution in [0.5, 0.6) is 0 Å². The van der Waals surface area contributed by atoms with Crippen LogP contribution in [-0.4, -0.2) is 14.5 Å². The maximum absolute atomic E-state index is 5.85. The molecule has 90 valence electrons. The first kappa shape index (κ1) is 11.7. The SMILES string of the molecule is Cn1cc(-c2ccnc(Cl)n2)c2cc(Br)ccc21. The van der Waals surface area contributed by atoms with Crippen molar-refractivity contribution in [3.63, 3.8) is 0 Å². The van der Waals surface area contributed by atoms with Crippen LogP contribution in [0.3, 0.4) is 0 Å². The highest BCUT2D eigenvalue weighted by Crippen LogP contribution is 2.31. The van der Waals surface area contributed by atoms with Gasteiger partial charge in [0.2, 0.25) is 5.28 Å². The topological polar surface area (TPSA) is 30.7 Å². The Bertz CT molecular complexity index is 736. The van der Waals surface area contributed by atoms with Crippen LogP contribution in [0.25, 0.3) is 22.2 Å². The molecule has 0 saturated heterocycles. The van der Waals surface area contributed by atoms with Crippen molar-refractivity contribution in [2.45, 2.75) is 0 Å². The highest BCUT2D eigenvalue weighted by Gasteiger charge is 2.10. The summed E-state index contributed by atoms with van der Waals surface area (Å²) in [7, 11) is 2.02. The lowest BCUT2D eigenvalue weighted by Crippen LogP contribution is -1.85. The van der Waals surface area contributed by atoms with Crippen LogP contribution in [0.4, 0.5) is 0 Å². The van der Waals surface area contributed by atoms with Gasteiger partial charge in [0.1, 0.15) is 0 Å². The van der Waals surface area contributed by atoms with Gasteiger partial charge in [0.05, 0.1) is 5.69 Å². The molecule has 0 spiro atoms. The Kier molecular flexibility index (Phi) is 2.84. The number of rotatable bonds is 1. The molecule has 5 heteroatoms. The van der Waals surface area contributed by atoms with E-state index in [-0.39, 0.29) is 5.28 Å². The zero-order valence-electron chi connectivity index (χ0n) is 9.56. The molecule has 3 rings (SSSR count). The van der Waals surface area contributed by atoms with E-state index in [9.17, 15) is 0 Å². The summed E-state index contributed by atoms with van der Waals surface area (Å²) in [5.74, 6) is 0. The number of aryl methyl sites for hydroxylation is 1. The second-order valence-electron chi connectivity index (χ2n) is 4.03. The summed E-state index contributed by atoms with van der Waals surface area (Å²) < 4.78 is 3.12. The molecule has 0 aliphatic carbocycles. The fraction of sp³-hybridized carbons (Fsp3) is 0.0769. The summed E-state index contributed by atoms with van der Waals surface area (Å²) in [5.41, 5.74) is 3.04. The smallest absolute Gasteiger partial charge is 0.222 e. The summed E-state index contributed by atoms with van der Waals surface area (Å²) in [6.45, 7) is 0. The lowest BCUT2D eigenvalue weighted by molar-refractivity contribution is 0.969. The molecular formula is C13H9BrClN3. The molecule has 0 aliphatic rings. The largest absolute Gasteiger partial charge is 0.350 e. The molecule has 0 N–H and O–H groups in total. The molecule has 0 amide bonds. The van der Waals surface area contributed by atoms with E-state index in [1.807, 2.05) is 19.2 Å². The summed E-state index contributed by atoms with van der Waals surface area (Å²) in [6.07, 6.45) is 3.72. The average Bonchev–Trinajstić information content (AvgIpc) is 2.66. The third kappa shape index (κ3) is 1.91. The predicted molar refractivity (Wildman–Crippen MR) is 76.7 cm³/mol. The summed E-state index contributed by atoms with van der Waals surface area (Å²) in [5, 5.41) is 1.40. The Hall–Kier alpha value is -1.39. The van der Waals surface area contributed by atoms with Crippen LogP contribution >= 0.6 is 27.5 Å². The van der Waals surface area contributed by atoms with Crippen molar-refractivity contribution >= 4 is 38.4 Å². The number of hydrogen-bond donors (Lipinski definition) is 0. The number of aromatic nitrogens is 3. The lowest BCUT2D eigenvalue weighted by Gasteiger charge is -1.99. The third-order valence-electron chi connectivity index (χ3n) is 2.85. The molecule has 0 atom stereocenters. The van der Waals surface area contributed by atoms with Gasteiger partial charge in [0.15, 0.2) is 0 Å². The quantitative estimate of drug-likeness (QED) is 0.633. The zero-order valence-corrected chi connectivity index (χ0v) is 11.9. The van der Waals surface area contributed by atoms with Gasteiger partial charge in [-0.1, -0.05) is 15.9 Å². The predicted octanol–water partition coefficient (Wildman–Crippen LogP) is 4.05. The molecule has 0 aliphatic heterocycles. The van der Waals surface area contributed by atoms with E-state index in [2.05, 4.69) is 48.8 Å². The summed E-state index contributed by atoms with van der Waals surface area (Å²) >= 11 is 9.34. The first-order chi connectivity index (χ1) is 8.65. The lowest BCUT2D eigenvalue weighted by atomic mass is 10.1. The Morgan fingerprint density at radius 3 is 2.89 bits per heavy atom. The van der Waals surface area contributed by atoms with Crippen LogP contribution in [0, 0.1) is 0 Å². The van der Waals surface area contributed by atoms with Gasteiger partial charge in [0.25, 0.3) is 0 Å². The van der Waals surface area contributed by atoms with E-state index < -0.39 is 0 Å². The number of benzene rings is 1. The van der Waals surface area contributed by atoms with Crippen LogP contribution in [0.1, 0.15) is 0 Å². The minimum atomic E-state index is 0.263. The number of halogens is 2. The Balaban J connectivity index is 2.32. The maximum atomic E-state index is 5.85. The molecule has 18 heavy (non-hydrogen) atoms. The van der Waals surface area contributed by atoms with Gasteiger partial charge < -0.3 is 4.57 Å². The first-order valence-corrected chi connectivity index (χ1v) is 6.56. The third-order valence-corrected chi connectivity index (χ3v) is 3.53. The Morgan fingerprint density at radius 2 is 2.11 bits per heavy atom. The van der Waals surface area contributed by atoms with E-state index in [0.29, 0.717) is 0 Å². The van der Waals surface area contributed by atoms with Crippen LogP contribution < -0.4 is 0 Å². The number of fused-ring (bicyclic) bond motifs is 1. The monoisotopic (exact) mass is 321 g/mol. The molecule has 3 aromatic rings. The molecule has 0 unspecified atom stereocenters. The summed E-state index contributed by atoms with van der Waals surface area (Å²) in [4.78, 5) is 8.17. The maximum Gasteiger partial charge on any atom is 0.222 e. The highest BCUT2D eigenvalue weighted by atomic mass is 79.9. The van der Waals surface area contributed by atoms with Gasteiger partial charge in [-0.3, -0.25) is 0 Å². The second kappa shape index (κ2) is 4.37. The molecule has 3 nitrogen and oxygen atoms in total. The van der Waals surface area contributed by atoms with Crippen molar-refractivity contribution in [3.8, 4) is 11.3 Å². The molecule has 1 aromatic carbocycles. The standard InChI is InChI=1S/C13H9BrClN3/c1-18-7-10(11-4-5-16-13(15)17-11)9-6-8(14)2-3-12(9)18/h2-7H,1H3. The van der Waals surface area contributed by atoms with Crippen molar-refractivity contribution in [2.24, 2.45) is 7.05 Å². The molecule has 0 radical (unpaired) electrons. The minimum absolute atomic E-state index is 0.263.